The van der Waals surface area contributed by atoms with Gasteiger partial charge in [-0.05, 0) is 12.1 Å². The van der Waals surface area contributed by atoms with E-state index in [4.69, 9.17) is 0 Å². The molecule has 1 heterocycles. The number of aromatic nitrogens is 1. The fourth-order valence-corrected chi connectivity index (χ4v) is 1.02. The molecule has 56 valence electrons. The van der Waals surface area contributed by atoms with E-state index in [9.17, 15) is 0 Å². The molecule has 0 saturated carbocycles. The zero-order valence-corrected chi connectivity index (χ0v) is 7.61. The van der Waals surface area contributed by atoms with Gasteiger partial charge < -0.3 is 0 Å². The summed E-state index contributed by atoms with van der Waals surface area (Å²) in [5.41, 5.74) is 1.06. The van der Waals surface area contributed by atoms with Gasteiger partial charge in [-0.2, -0.15) is 9.90 Å². The Balaban J connectivity index is 0.000000605. The highest BCUT2D eigenvalue weighted by Crippen LogP contribution is 2.07. The molecule has 0 N–H and O–H groups in total. The summed E-state index contributed by atoms with van der Waals surface area (Å²) in [6, 6.07) is 12.1. The molecular formula is C9H10NP. The van der Waals surface area contributed by atoms with Gasteiger partial charge in [-0.15, -0.1) is 0 Å². The maximum absolute atomic E-state index is 4.18. The van der Waals surface area contributed by atoms with Crippen molar-refractivity contribution >= 4 is 20.8 Å². The van der Waals surface area contributed by atoms with Gasteiger partial charge in [0.15, 0.2) is 0 Å². The first-order valence-corrected chi connectivity index (χ1v) is 3.26. The van der Waals surface area contributed by atoms with Crippen LogP contribution >= 0.6 is 9.90 Å². The van der Waals surface area contributed by atoms with Crippen LogP contribution in [0.5, 0.6) is 0 Å². The normalized spacial score (nSPS) is 9.09. The van der Waals surface area contributed by atoms with E-state index >= 15 is 0 Å². The van der Waals surface area contributed by atoms with Crippen molar-refractivity contribution in [2.75, 3.05) is 0 Å². The average Bonchev–Trinajstić information content (AvgIpc) is 2.05. The first-order chi connectivity index (χ1) is 4.97. The van der Waals surface area contributed by atoms with Crippen LogP contribution in [0.15, 0.2) is 42.6 Å². The van der Waals surface area contributed by atoms with Gasteiger partial charge in [-0.25, -0.2) is 0 Å². The van der Waals surface area contributed by atoms with Gasteiger partial charge in [0.2, 0.25) is 0 Å². The molecule has 0 saturated heterocycles. The lowest BCUT2D eigenvalue weighted by Gasteiger charge is -1.91. The van der Waals surface area contributed by atoms with Gasteiger partial charge in [-0.3, -0.25) is 4.98 Å². The summed E-state index contributed by atoms with van der Waals surface area (Å²) in [7, 11) is 0. The van der Waals surface area contributed by atoms with Crippen molar-refractivity contribution in [1.82, 2.24) is 4.98 Å². The van der Waals surface area contributed by atoms with Gasteiger partial charge in [-0.1, -0.05) is 24.3 Å². The molecule has 0 fully saturated rings. The van der Waals surface area contributed by atoms with Gasteiger partial charge in [0, 0.05) is 11.6 Å². The van der Waals surface area contributed by atoms with Crippen molar-refractivity contribution in [3.8, 4) is 0 Å². The number of pyridine rings is 1. The van der Waals surface area contributed by atoms with Crippen LogP contribution in [0.25, 0.3) is 10.9 Å². The lowest BCUT2D eigenvalue weighted by molar-refractivity contribution is 1.41. The number of fused-ring (bicyclic) bond motifs is 1. The molecule has 0 bridgehead atoms. The molecule has 11 heavy (non-hydrogen) atoms. The van der Waals surface area contributed by atoms with Crippen molar-refractivity contribution in [3.05, 3.63) is 42.6 Å². The lowest BCUT2D eigenvalue weighted by Crippen LogP contribution is -1.73. The SMILES string of the molecule is P.c1ccc2ncccc2c1. The summed E-state index contributed by atoms with van der Waals surface area (Å²) in [4.78, 5) is 4.18. The summed E-state index contributed by atoms with van der Waals surface area (Å²) in [6.07, 6.45) is 1.81. The number of rotatable bonds is 0. The molecule has 1 nitrogen and oxygen atoms in total. The fourth-order valence-electron chi connectivity index (χ4n) is 1.02. The number of para-hydroxylation sites is 1. The highest BCUT2D eigenvalue weighted by Gasteiger charge is 1.86. The first kappa shape index (κ1) is 8.16. The van der Waals surface area contributed by atoms with Crippen LogP contribution in [0.1, 0.15) is 0 Å². The van der Waals surface area contributed by atoms with E-state index in [0.717, 1.165) is 5.52 Å². The zero-order valence-electron chi connectivity index (χ0n) is 6.20. The zero-order chi connectivity index (χ0) is 6.81. The van der Waals surface area contributed by atoms with Gasteiger partial charge >= 0.3 is 0 Å². The van der Waals surface area contributed by atoms with Crippen LogP contribution in [-0.2, 0) is 0 Å². The Morgan fingerprint density at radius 3 is 2.45 bits per heavy atom. The third-order valence-corrected chi connectivity index (χ3v) is 1.51. The van der Waals surface area contributed by atoms with E-state index in [2.05, 4.69) is 17.1 Å². The Bertz CT molecular complexity index is 281. The Hall–Kier alpha value is -0.940. The standard InChI is InChI=1S/C9H7N.H3P/c1-2-6-9-8(4-1)5-3-7-10-9;/h1-7H;1H3. The Kier molecular flexibility index (Phi) is 2.56. The minimum absolute atomic E-state index is 0. The second kappa shape index (κ2) is 3.45. The Morgan fingerprint density at radius 2 is 1.64 bits per heavy atom. The van der Waals surface area contributed by atoms with Crippen LogP contribution in [0.3, 0.4) is 0 Å². The smallest absolute Gasteiger partial charge is 0.0701 e. The first-order valence-electron chi connectivity index (χ1n) is 3.26. The predicted octanol–water partition coefficient (Wildman–Crippen LogP) is 2.29. The molecule has 2 aromatic rings. The minimum atomic E-state index is 0. The molecule has 2 heteroatoms. The van der Waals surface area contributed by atoms with E-state index in [1.54, 1.807) is 0 Å². The molecule has 0 aliphatic carbocycles. The number of hydrogen-bond acceptors (Lipinski definition) is 1. The molecule has 1 unspecified atom stereocenters. The molecule has 0 aliphatic rings. The molecule has 0 aliphatic heterocycles. The Morgan fingerprint density at radius 1 is 0.909 bits per heavy atom. The summed E-state index contributed by atoms with van der Waals surface area (Å²) >= 11 is 0. The van der Waals surface area contributed by atoms with Gasteiger partial charge in [0.25, 0.3) is 0 Å². The highest BCUT2D eigenvalue weighted by atomic mass is 31.0. The summed E-state index contributed by atoms with van der Waals surface area (Å²) in [5.74, 6) is 0. The summed E-state index contributed by atoms with van der Waals surface area (Å²) < 4.78 is 0. The van der Waals surface area contributed by atoms with Crippen LogP contribution in [0, 0.1) is 0 Å². The van der Waals surface area contributed by atoms with Crippen LogP contribution < -0.4 is 0 Å². The highest BCUT2D eigenvalue weighted by molar-refractivity contribution is 6.92. The molecule has 1 atom stereocenters. The van der Waals surface area contributed by atoms with Crippen molar-refractivity contribution < 1.29 is 0 Å². The molecule has 2 rings (SSSR count). The van der Waals surface area contributed by atoms with E-state index < -0.39 is 0 Å². The summed E-state index contributed by atoms with van der Waals surface area (Å²) in [6.45, 7) is 0. The monoisotopic (exact) mass is 163 g/mol. The van der Waals surface area contributed by atoms with Crippen molar-refractivity contribution in [2.24, 2.45) is 0 Å². The molecule has 0 amide bonds. The molecule has 1 aromatic carbocycles. The molecule has 0 spiro atoms. The van der Waals surface area contributed by atoms with Crippen LogP contribution in [-0.4, -0.2) is 4.98 Å². The number of hydrogen-bond donors (Lipinski definition) is 0. The van der Waals surface area contributed by atoms with E-state index in [0.29, 0.717) is 0 Å². The summed E-state index contributed by atoms with van der Waals surface area (Å²) in [5, 5.41) is 1.20. The van der Waals surface area contributed by atoms with E-state index in [1.807, 2.05) is 30.5 Å². The largest absolute Gasteiger partial charge is 0.256 e. The van der Waals surface area contributed by atoms with E-state index in [1.165, 1.54) is 5.39 Å². The molecular weight excluding hydrogens is 153 g/mol. The fraction of sp³-hybridized carbons (Fsp3) is 0. The van der Waals surface area contributed by atoms with Crippen molar-refractivity contribution in [2.45, 2.75) is 0 Å². The molecule has 0 radical (unpaired) electrons. The average molecular weight is 163 g/mol. The topological polar surface area (TPSA) is 12.9 Å². The maximum Gasteiger partial charge on any atom is 0.0701 e. The van der Waals surface area contributed by atoms with Gasteiger partial charge in [0.1, 0.15) is 0 Å². The van der Waals surface area contributed by atoms with E-state index in [-0.39, 0.29) is 9.90 Å². The second-order valence-electron chi connectivity index (χ2n) is 2.20. The number of nitrogens with zero attached hydrogens (tertiary/aromatic N) is 1. The van der Waals surface area contributed by atoms with Crippen LogP contribution in [0.4, 0.5) is 0 Å². The molecule has 1 aromatic heterocycles. The maximum atomic E-state index is 4.18. The third kappa shape index (κ3) is 1.55. The predicted molar refractivity (Wildman–Crippen MR) is 52.8 cm³/mol. The van der Waals surface area contributed by atoms with Gasteiger partial charge in [0.05, 0.1) is 5.52 Å². The second-order valence-corrected chi connectivity index (χ2v) is 2.20. The van der Waals surface area contributed by atoms with Crippen LogP contribution in [0.2, 0.25) is 0 Å². The quantitative estimate of drug-likeness (QED) is 0.543. The Labute approximate surface area is 69.1 Å². The number of benzene rings is 1. The third-order valence-electron chi connectivity index (χ3n) is 1.51. The van der Waals surface area contributed by atoms with Crippen molar-refractivity contribution in [1.29, 1.82) is 0 Å². The lowest BCUT2D eigenvalue weighted by atomic mass is 10.2. The minimum Gasteiger partial charge on any atom is -0.256 e. The van der Waals surface area contributed by atoms with Crippen molar-refractivity contribution in [3.63, 3.8) is 0 Å².